The minimum Gasteiger partial charge on any atom is -0.481 e. The molecule has 31 heteroatoms. The highest BCUT2D eigenvalue weighted by Gasteiger charge is 2.41. The fraction of sp³-hybridized carbons (Fsp3) is 0.453. The number of H-pyrrole nitrogens is 2. The van der Waals surface area contributed by atoms with E-state index in [0.717, 1.165) is 59.3 Å². The van der Waals surface area contributed by atoms with E-state index in [1.54, 1.807) is 21.5 Å². The normalized spacial score (nSPS) is 20.6. The number of benzene rings is 4. The lowest BCUT2D eigenvalue weighted by Crippen LogP contribution is -2.52. The summed E-state index contributed by atoms with van der Waals surface area (Å²) in [5.74, 6) is -1.44. The molecule has 0 bridgehead atoms. The molecule has 4 aromatic heterocycles. The number of aliphatic hydroxyl groups excluding tert-OH is 1. The smallest absolute Gasteiger partial charge is 0.415 e. The van der Waals surface area contributed by atoms with Crippen LogP contribution in [0.5, 0.6) is 17.4 Å². The third-order valence-electron chi connectivity index (χ3n) is 20.7. The van der Waals surface area contributed by atoms with E-state index in [2.05, 4.69) is 64.9 Å². The van der Waals surface area contributed by atoms with Gasteiger partial charge in [-0.25, -0.2) is 33.8 Å². The Morgan fingerprint density at radius 2 is 1.21 bits per heavy atom. The van der Waals surface area contributed by atoms with Crippen molar-refractivity contribution in [1.29, 1.82) is 0 Å². The standard InChI is InChI=1S/C41H51N7O9S.C34H37N7O6S/c1-23-7-8-25(3)32(21-23)57-58(53)45-30-22-29(9-10-31(30)46-15-17-54-18-16-46)36-43-37-33(40(51)55-35-26(4)19-24(2)20-27(35)5)34(42-6)38(48(37)44-36)56-41(52)47-13-11-28(12-14-47)39(49)50;1-20-9-10-21(2)29(17-20)47-48(46)38-26-18-23(31-36-32-30(22(3)42)27(35-4)19-41(32)37-31)11-12-28(26)39-13-15-40(16-14-39)33(43)24-7-5-6-8-25(24)34(44)45/h7-10,21-22,24,26-28,35,39,45,49-50H,11-20H2,1-5H3,(H,43,44);9-12,17-19,24-25,38H,5-8,13-16H2,1-3H3,(H,36,37)(H,44,45). The first-order chi connectivity index (χ1) is 50.8. The van der Waals surface area contributed by atoms with Gasteiger partial charge in [0.25, 0.3) is 5.69 Å². The van der Waals surface area contributed by atoms with Gasteiger partial charge < -0.3 is 57.5 Å². The molecule has 13 rings (SSSR count). The molecule has 3 aliphatic heterocycles. The Bertz CT molecular complexity index is 4770. The molecule has 29 nitrogen and oxygen atoms in total. The SMILES string of the molecule is [C-]#[N+]c1c(C(=O)OC2C(C)CC(C)CC2C)c2nc(-c3ccc(N4CCOCC4)c(NS(=O)Oc4cc(C)ccc4C)c3)[nH]n2c1OC(=O)N1CCC(C(O)O)CC1.[C-]#[N+]c1cn2[nH]c(-c3ccc(N4CCN(C(=O)C5CCCCC5C(=O)O)CC4)c(NS(=O)Oc4cc(C)ccc4C)c3)nc2c1C(C)=O. The van der Waals surface area contributed by atoms with Gasteiger partial charge in [-0.2, -0.15) is 8.42 Å². The number of aliphatic carboxylic acids is 1. The third-order valence-corrected chi connectivity index (χ3v) is 22.1. The van der Waals surface area contributed by atoms with Gasteiger partial charge in [-0.3, -0.25) is 38.5 Å². The molecule has 5 fully saturated rings. The number of amides is 2. The minimum absolute atomic E-state index is 0.0361. The number of carboxylic acids is 1. The van der Waals surface area contributed by atoms with Crippen LogP contribution in [0.25, 0.3) is 43.8 Å². The molecular weight excluding hydrogens is 1400 g/mol. The number of carbonyl (C=O) groups excluding carboxylic acids is 4. The first kappa shape index (κ1) is 75.4. The fourth-order valence-electron chi connectivity index (χ4n) is 15.1. The Morgan fingerprint density at radius 3 is 1.75 bits per heavy atom. The number of hydrogen-bond acceptors (Lipinski definition) is 18. The van der Waals surface area contributed by atoms with Gasteiger partial charge in [-0.15, -0.1) is 0 Å². The summed E-state index contributed by atoms with van der Waals surface area (Å²) in [6.07, 6.45) is 4.16. The lowest BCUT2D eigenvalue weighted by atomic mass is 9.75. The Kier molecular flexibility index (Phi) is 23.2. The number of morpholine rings is 1. The molecule has 106 heavy (non-hydrogen) atoms. The zero-order valence-corrected chi connectivity index (χ0v) is 62.0. The van der Waals surface area contributed by atoms with Crippen molar-refractivity contribution in [1.82, 2.24) is 39.0 Å². The Labute approximate surface area is 618 Å². The first-order valence-electron chi connectivity index (χ1n) is 35.7. The van der Waals surface area contributed by atoms with Crippen molar-refractivity contribution in [3.8, 4) is 40.2 Å². The zero-order valence-electron chi connectivity index (χ0n) is 60.4. The average molecular weight is 1490 g/mol. The van der Waals surface area contributed by atoms with Crippen LogP contribution < -0.4 is 32.3 Å². The molecule has 6 unspecified atom stereocenters. The number of fused-ring (bicyclic) bond motifs is 2. The molecule has 2 amide bonds. The number of esters is 1. The number of carboxylic acid groups (broad SMARTS) is 1. The molecule has 3 saturated heterocycles. The number of aryl methyl sites for hydroxylation is 4. The van der Waals surface area contributed by atoms with E-state index in [1.165, 1.54) is 22.5 Å². The summed E-state index contributed by atoms with van der Waals surface area (Å²) in [6, 6.07) is 22.3. The molecule has 2 saturated carbocycles. The van der Waals surface area contributed by atoms with Crippen LogP contribution in [0.3, 0.4) is 0 Å². The van der Waals surface area contributed by atoms with Gasteiger partial charge in [0.15, 0.2) is 35.0 Å². The second-order valence-corrected chi connectivity index (χ2v) is 30.0. The zero-order chi connectivity index (χ0) is 75.4. The number of likely N-dealkylation sites (tertiary alicyclic amines) is 1. The van der Waals surface area contributed by atoms with Crippen LogP contribution in [-0.2, 0) is 41.6 Å². The number of nitrogens with one attached hydrogen (secondary N) is 4. The highest BCUT2D eigenvalue weighted by Crippen LogP contribution is 2.44. The second-order valence-electron chi connectivity index (χ2n) is 28.3. The van der Waals surface area contributed by atoms with Gasteiger partial charge in [0.05, 0.1) is 66.5 Å². The third kappa shape index (κ3) is 16.5. The van der Waals surface area contributed by atoms with Crippen molar-refractivity contribution in [2.24, 2.45) is 35.5 Å². The number of aliphatic hydroxyl groups is 2. The Morgan fingerprint density at radius 1 is 0.660 bits per heavy atom. The van der Waals surface area contributed by atoms with E-state index in [9.17, 15) is 47.7 Å². The number of nitrogens with zero attached hydrogens (tertiary/aromatic N) is 10. The first-order valence-corrected chi connectivity index (χ1v) is 37.8. The molecule has 6 atom stereocenters. The van der Waals surface area contributed by atoms with Gasteiger partial charge in [0.1, 0.15) is 23.2 Å². The van der Waals surface area contributed by atoms with Crippen LogP contribution in [-0.4, -0.2) is 170 Å². The largest absolute Gasteiger partial charge is 0.481 e. The number of Topliss-reactive ketones (excluding diaryl/α,β-unsaturated/α-hetero) is 1. The predicted molar refractivity (Wildman–Crippen MR) is 398 cm³/mol. The van der Waals surface area contributed by atoms with Crippen molar-refractivity contribution in [3.63, 3.8) is 0 Å². The van der Waals surface area contributed by atoms with E-state index in [4.69, 9.17) is 40.7 Å². The van der Waals surface area contributed by atoms with E-state index in [-0.39, 0.29) is 82.4 Å². The average Bonchev–Trinajstić information content (AvgIpc) is 1.58. The topological polar surface area (TPSA) is 338 Å². The number of aromatic nitrogens is 6. The van der Waals surface area contributed by atoms with Gasteiger partial charge in [-0.05, 0) is 162 Å². The summed E-state index contributed by atoms with van der Waals surface area (Å²) >= 11 is -3.98. The maximum atomic E-state index is 14.2. The van der Waals surface area contributed by atoms with Crippen molar-refractivity contribution >= 4 is 97.7 Å². The van der Waals surface area contributed by atoms with Crippen molar-refractivity contribution in [3.05, 3.63) is 135 Å². The van der Waals surface area contributed by atoms with Crippen LogP contribution in [0.4, 0.5) is 38.9 Å². The number of hydrogen-bond donors (Lipinski definition) is 7. The van der Waals surface area contributed by atoms with E-state index >= 15 is 0 Å². The van der Waals surface area contributed by atoms with Gasteiger partial charge in [0.2, 0.25) is 17.5 Å². The number of piperidine rings is 1. The van der Waals surface area contributed by atoms with Crippen LogP contribution in [0.1, 0.15) is 122 Å². The molecule has 5 aliphatic rings. The molecule has 7 N–H and O–H groups in total. The fourth-order valence-corrected chi connectivity index (χ4v) is 16.5. The van der Waals surface area contributed by atoms with Crippen molar-refractivity contribution in [2.45, 2.75) is 119 Å². The van der Waals surface area contributed by atoms with Crippen LogP contribution in [0, 0.1) is 76.3 Å². The summed E-state index contributed by atoms with van der Waals surface area (Å²) in [5.41, 5.74) is 7.71. The highest BCUT2D eigenvalue weighted by atomic mass is 32.2. The van der Waals surface area contributed by atoms with Gasteiger partial charge >= 0.3 is 40.6 Å². The predicted octanol–water partition coefficient (Wildman–Crippen LogP) is 11.5. The van der Waals surface area contributed by atoms with E-state index < -0.39 is 64.8 Å². The molecule has 2 aliphatic carbocycles. The van der Waals surface area contributed by atoms with Crippen molar-refractivity contribution < 1.29 is 70.3 Å². The van der Waals surface area contributed by atoms with Crippen molar-refractivity contribution in [2.75, 3.05) is 84.8 Å². The molecule has 8 aromatic rings. The highest BCUT2D eigenvalue weighted by molar-refractivity contribution is 7.82. The molecule has 0 spiro atoms. The van der Waals surface area contributed by atoms with E-state index in [1.807, 2.05) is 88.4 Å². The molecule has 4 aromatic carbocycles. The summed E-state index contributed by atoms with van der Waals surface area (Å²) in [4.78, 5) is 89.4. The molecular formula is C75H88N14O15S2. The number of rotatable bonds is 19. The second kappa shape index (κ2) is 32.6. The summed E-state index contributed by atoms with van der Waals surface area (Å²) in [6.45, 7) is 35.4. The summed E-state index contributed by atoms with van der Waals surface area (Å²) < 4.78 is 65.1. The lowest BCUT2D eigenvalue weighted by Gasteiger charge is -2.39. The van der Waals surface area contributed by atoms with E-state index in [0.29, 0.717) is 130 Å². The number of carbonyl (C=O) groups is 5. The number of ether oxygens (including phenoxy) is 3. The van der Waals surface area contributed by atoms with Crippen LogP contribution >= 0.6 is 0 Å². The maximum Gasteiger partial charge on any atom is 0.415 e. The number of anilines is 4. The van der Waals surface area contributed by atoms with Crippen LogP contribution in [0.2, 0.25) is 0 Å². The summed E-state index contributed by atoms with van der Waals surface area (Å²) in [7, 11) is 0. The Hall–Kier alpha value is -10.3. The quantitative estimate of drug-likeness (QED) is 0.0171. The van der Waals surface area contributed by atoms with Gasteiger partial charge in [-0.1, -0.05) is 57.9 Å². The molecule has 560 valence electrons. The monoisotopic (exact) mass is 1490 g/mol. The molecule has 0 radical (unpaired) electrons. The minimum atomic E-state index is -2.00. The Balaban J connectivity index is 0.000000202. The van der Waals surface area contributed by atoms with Crippen LogP contribution in [0.15, 0.2) is 79.0 Å². The number of aromatic amines is 2. The lowest BCUT2D eigenvalue weighted by molar-refractivity contribution is -0.152. The van der Waals surface area contributed by atoms with Gasteiger partial charge in [0, 0.05) is 75.6 Å². The maximum absolute atomic E-state index is 14.2. The number of ketones is 1. The number of piperazine rings is 1. The summed E-state index contributed by atoms with van der Waals surface area (Å²) in [5, 5.41) is 35.3. The molecule has 7 heterocycles.